The van der Waals surface area contributed by atoms with Gasteiger partial charge >= 0.3 is 0 Å². The second-order valence-corrected chi connectivity index (χ2v) is 11.0. The Balaban J connectivity index is 1.31. The topological polar surface area (TPSA) is 55.3 Å². The monoisotopic (exact) mass is 551 g/mol. The molecule has 0 N–H and O–H groups in total. The van der Waals surface area contributed by atoms with Gasteiger partial charge < -0.3 is 13.7 Å². The fourth-order valence-corrected chi connectivity index (χ4v) is 6.93. The van der Waals surface area contributed by atoms with E-state index in [2.05, 4.69) is 76.6 Å². The molecule has 5 aromatic carbocycles. The van der Waals surface area contributed by atoms with Crippen LogP contribution in [0.4, 0.5) is 17.1 Å². The molecule has 4 heterocycles. The Kier molecular flexibility index (Phi) is 4.39. The second-order valence-electron chi connectivity index (χ2n) is 11.0. The molecule has 1 aliphatic carbocycles. The van der Waals surface area contributed by atoms with Gasteiger partial charge in [-0.15, -0.1) is 0 Å². The van der Waals surface area contributed by atoms with E-state index >= 15 is 0 Å². The number of rotatable bonds is 3. The van der Waals surface area contributed by atoms with Gasteiger partial charge in [-0.3, -0.25) is 9.97 Å². The lowest BCUT2D eigenvalue weighted by molar-refractivity contribution is 0.667. The average molecular weight is 552 g/mol. The van der Waals surface area contributed by atoms with Gasteiger partial charge in [0.1, 0.15) is 22.3 Å². The maximum atomic E-state index is 6.54. The van der Waals surface area contributed by atoms with Crippen LogP contribution in [0.1, 0.15) is 0 Å². The molecule has 0 saturated carbocycles. The molecule has 0 unspecified atom stereocenters. The van der Waals surface area contributed by atoms with E-state index in [4.69, 9.17) is 13.8 Å². The quantitative estimate of drug-likeness (QED) is 0.219. The lowest BCUT2D eigenvalue weighted by atomic mass is 10.0. The van der Waals surface area contributed by atoms with Crippen LogP contribution in [0.15, 0.2) is 137 Å². The summed E-state index contributed by atoms with van der Waals surface area (Å²) in [6.45, 7) is 0. The van der Waals surface area contributed by atoms with Crippen LogP contribution in [0.3, 0.4) is 0 Å². The van der Waals surface area contributed by atoms with E-state index in [0.717, 1.165) is 61.1 Å². The molecule has 0 aliphatic heterocycles. The first kappa shape index (κ1) is 22.7. The average Bonchev–Trinajstić information content (AvgIpc) is 3.73. The third kappa shape index (κ3) is 3.05. The molecule has 0 spiro atoms. The summed E-state index contributed by atoms with van der Waals surface area (Å²) in [5, 5.41) is 5.52. The van der Waals surface area contributed by atoms with Gasteiger partial charge in [-0.1, -0.05) is 60.7 Å². The molecule has 10 rings (SSSR count). The molecule has 0 radical (unpaired) electrons. The van der Waals surface area contributed by atoms with Gasteiger partial charge in [0.15, 0.2) is 5.58 Å². The summed E-state index contributed by atoms with van der Waals surface area (Å²) in [5.41, 5.74) is 11.9. The van der Waals surface area contributed by atoms with Crippen molar-refractivity contribution in [3.05, 3.63) is 128 Å². The Hall–Kier alpha value is -5.94. The number of nitrogens with zero attached hydrogens (tertiary/aromatic N) is 3. The summed E-state index contributed by atoms with van der Waals surface area (Å²) in [6.07, 6.45) is 5.51. The Morgan fingerprint density at radius 2 is 1.35 bits per heavy atom. The third-order valence-electron chi connectivity index (χ3n) is 8.74. The highest BCUT2D eigenvalue weighted by molar-refractivity contribution is 6.18. The largest absolute Gasteiger partial charge is 0.456 e. The Bertz CT molecular complexity index is 2590. The van der Waals surface area contributed by atoms with Crippen molar-refractivity contribution in [1.29, 1.82) is 0 Å². The molecular formula is C38H21N3O2. The highest BCUT2D eigenvalue weighted by atomic mass is 16.3. The number of hydrogen-bond acceptors (Lipinski definition) is 5. The fourth-order valence-electron chi connectivity index (χ4n) is 6.93. The van der Waals surface area contributed by atoms with Crippen LogP contribution in [-0.4, -0.2) is 9.97 Å². The third-order valence-corrected chi connectivity index (χ3v) is 8.74. The molecule has 0 bridgehead atoms. The highest BCUT2D eigenvalue weighted by Gasteiger charge is 2.26. The summed E-state index contributed by atoms with van der Waals surface area (Å²) in [5.74, 6) is 0. The van der Waals surface area contributed by atoms with Crippen molar-refractivity contribution in [2.45, 2.75) is 0 Å². The smallest absolute Gasteiger partial charge is 0.177 e. The van der Waals surface area contributed by atoms with Crippen LogP contribution in [0.5, 0.6) is 0 Å². The second kappa shape index (κ2) is 8.30. The zero-order valence-electron chi connectivity index (χ0n) is 22.8. The maximum Gasteiger partial charge on any atom is 0.177 e. The van der Waals surface area contributed by atoms with Crippen molar-refractivity contribution >= 4 is 71.8 Å². The van der Waals surface area contributed by atoms with Crippen molar-refractivity contribution in [2.75, 3.05) is 4.90 Å². The first-order valence-corrected chi connectivity index (χ1v) is 14.3. The molecule has 0 atom stereocenters. The number of pyridine rings is 2. The van der Waals surface area contributed by atoms with E-state index in [1.165, 1.54) is 33.0 Å². The predicted octanol–water partition coefficient (Wildman–Crippen LogP) is 10.5. The van der Waals surface area contributed by atoms with E-state index in [-0.39, 0.29) is 0 Å². The van der Waals surface area contributed by atoms with E-state index < -0.39 is 0 Å². The lowest BCUT2D eigenvalue weighted by Crippen LogP contribution is -2.11. The number of para-hydroxylation sites is 1. The van der Waals surface area contributed by atoms with Gasteiger partial charge in [0.2, 0.25) is 0 Å². The summed E-state index contributed by atoms with van der Waals surface area (Å²) < 4.78 is 12.8. The van der Waals surface area contributed by atoms with Crippen LogP contribution >= 0.6 is 0 Å². The van der Waals surface area contributed by atoms with E-state index in [1.807, 2.05) is 54.9 Å². The van der Waals surface area contributed by atoms with Gasteiger partial charge in [0.25, 0.3) is 0 Å². The van der Waals surface area contributed by atoms with Crippen LogP contribution in [0, 0.1) is 0 Å². The molecule has 5 heteroatoms. The fraction of sp³-hybridized carbons (Fsp3) is 0. The van der Waals surface area contributed by atoms with E-state index in [1.54, 1.807) is 6.20 Å². The Morgan fingerprint density at radius 3 is 2.28 bits per heavy atom. The van der Waals surface area contributed by atoms with Crippen LogP contribution in [-0.2, 0) is 0 Å². The minimum Gasteiger partial charge on any atom is -0.456 e. The number of aromatic nitrogens is 2. The first-order valence-electron chi connectivity index (χ1n) is 14.3. The SMILES string of the molecule is c1cc2c3c(cccc3c1)-c1cc(N(c3ccnc4c3oc3ccccc34)c3cccc4oc5ccncc5c34)ccc1-2. The van der Waals surface area contributed by atoms with Gasteiger partial charge in [-0.05, 0) is 81.6 Å². The van der Waals surface area contributed by atoms with Crippen molar-refractivity contribution in [2.24, 2.45) is 0 Å². The number of anilines is 3. The van der Waals surface area contributed by atoms with Crippen LogP contribution < -0.4 is 4.90 Å². The molecule has 4 aromatic heterocycles. The molecule has 1 aliphatic rings. The molecular weight excluding hydrogens is 530 g/mol. The summed E-state index contributed by atoms with van der Waals surface area (Å²) in [7, 11) is 0. The first-order chi connectivity index (χ1) is 21.3. The normalized spacial score (nSPS) is 12.2. The van der Waals surface area contributed by atoms with E-state index in [9.17, 15) is 0 Å². The summed E-state index contributed by atoms with van der Waals surface area (Å²) >= 11 is 0. The van der Waals surface area contributed by atoms with Gasteiger partial charge in [0, 0.05) is 35.1 Å². The van der Waals surface area contributed by atoms with Crippen LogP contribution in [0.2, 0.25) is 0 Å². The molecule has 0 fully saturated rings. The van der Waals surface area contributed by atoms with Crippen molar-refractivity contribution < 1.29 is 8.83 Å². The van der Waals surface area contributed by atoms with E-state index in [0.29, 0.717) is 0 Å². The molecule has 43 heavy (non-hydrogen) atoms. The minimum atomic E-state index is 0.734. The van der Waals surface area contributed by atoms with Crippen LogP contribution in [0.25, 0.3) is 77.0 Å². The lowest BCUT2D eigenvalue weighted by Gasteiger charge is -2.26. The Labute approximate surface area is 245 Å². The highest BCUT2D eigenvalue weighted by Crippen LogP contribution is 2.51. The number of furan rings is 2. The van der Waals surface area contributed by atoms with Crippen molar-refractivity contribution in [3.63, 3.8) is 0 Å². The number of benzene rings is 5. The molecule has 9 aromatic rings. The van der Waals surface area contributed by atoms with Gasteiger partial charge in [-0.2, -0.15) is 0 Å². The number of hydrogen-bond donors (Lipinski definition) is 0. The zero-order chi connectivity index (χ0) is 28.1. The molecule has 0 saturated heterocycles. The summed E-state index contributed by atoms with van der Waals surface area (Å²) in [4.78, 5) is 11.5. The summed E-state index contributed by atoms with van der Waals surface area (Å²) in [6, 6.07) is 38.1. The molecule has 5 nitrogen and oxygen atoms in total. The predicted molar refractivity (Wildman–Crippen MR) is 173 cm³/mol. The van der Waals surface area contributed by atoms with Gasteiger partial charge in [-0.25, -0.2) is 0 Å². The molecule has 200 valence electrons. The maximum absolute atomic E-state index is 6.54. The Morgan fingerprint density at radius 1 is 0.535 bits per heavy atom. The standard InChI is InChI=1S/C38H21N3O2/c1-2-12-32-27(8-1)37-38(43-32)31(16-19-40-37)41(30-11-5-13-34-36(30)29-21-39-18-17-33(29)42-34)23-14-15-24-25-9-3-6-22-7-4-10-26(35(22)25)28(24)20-23/h1-21H. The molecule has 0 amide bonds. The van der Waals surface area contributed by atoms with Crippen molar-refractivity contribution in [1.82, 2.24) is 9.97 Å². The van der Waals surface area contributed by atoms with Crippen molar-refractivity contribution in [3.8, 4) is 22.3 Å². The zero-order valence-corrected chi connectivity index (χ0v) is 22.8. The number of fused-ring (bicyclic) bond motifs is 9. The van der Waals surface area contributed by atoms with Gasteiger partial charge in [0.05, 0.1) is 16.8 Å². The minimum absolute atomic E-state index is 0.734.